The Hall–Kier alpha value is -1.43. The summed E-state index contributed by atoms with van der Waals surface area (Å²) >= 11 is 3.48. The monoisotopic (exact) mass is 276 g/mol. The molecule has 3 aromatic rings. The summed E-state index contributed by atoms with van der Waals surface area (Å²) in [6.07, 6.45) is 3.63. The van der Waals surface area contributed by atoms with Gasteiger partial charge in [-0.2, -0.15) is 0 Å². The van der Waals surface area contributed by atoms with Crippen LogP contribution in [0.2, 0.25) is 0 Å². The van der Waals surface area contributed by atoms with Gasteiger partial charge < -0.3 is 9.73 Å². The number of hydrogen-bond donors (Lipinski definition) is 1. The highest BCUT2D eigenvalue weighted by molar-refractivity contribution is 7.21. The van der Waals surface area contributed by atoms with Crippen LogP contribution in [0.4, 0.5) is 0 Å². The Labute approximate surface area is 113 Å². The van der Waals surface area contributed by atoms with Gasteiger partial charge in [0.1, 0.15) is 10.8 Å². The van der Waals surface area contributed by atoms with E-state index in [9.17, 15) is 0 Å². The summed E-state index contributed by atoms with van der Waals surface area (Å²) < 4.78 is 5.26. The van der Waals surface area contributed by atoms with E-state index in [1.165, 1.54) is 9.75 Å². The van der Waals surface area contributed by atoms with Crippen molar-refractivity contribution in [3.05, 3.63) is 52.9 Å². The Bertz CT molecular complexity index is 584. The zero-order valence-corrected chi connectivity index (χ0v) is 11.3. The third kappa shape index (κ3) is 2.69. The average molecular weight is 276 g/mol. The van der Waals surface area contributed by atoms with E-state index in [2.05, 4.69) is 27.8 Å². The minimum absolute atomic E-state index is 0.737. The van der Waals surface area contributed by atoms with Gasteiger partial charge in [-0.25, -0.2) is 4.98 Å². The van der Waals surface area contributed by atoms with Gasteiger partial charge in [-0.15, -0.1) is 22.7 Å². The molecule has 0 radical (unpaired) electrons. The molecule has 0 aliphatic rings. The van der Waals surface area contributed by atoms with Crippen molar-refractivity contribution in [3.63, 3.8) is 0 Å². The van der Waals surface area contributed by atoms with E-state index in [-0.39, 0.29) is 0 Å². The summed E-state index contributed by atoms with van der Waals surface area (Å²) in [6.45, 7) is 1.51. The highest BCUT2D eigenvalue weighted by Gasteiger charge is 2.05. The van der Waals surface area contributed by atoms with Crippen LogP contribution < -0.4 is 5.32 Å². The number of thiazole rings is 1. The third-order valence-corrected chi connectivity index (χ3v) is 4.54. The molecule has 0 amide bonds. The van der Waals surface area contributed by atoms with Crippen molar-refractivity contribution in [1.82, 2.24) is 10.3 Å². The molecular formula is C13H12N2OS2. The maximum Gasteiger partial charge on any atom is 0.117 e. The van der Waals surface area contributed by atoms with Crippen molar-refractivity contribution in [2.24, 2.45) is 0 Å². The summed E-state index contributed by atoms with van der Waals surface area (Å²) in [4.78, 5) is 6.94. The van der Waals surface area contributed by atoms with Gasteiger partial charge in [-0.3, -0.25) is 0 Å². The molecule has 18 heavy (non-hydrogen) atoms. The number of thiophene rings is 1. The van der Waals surface area contributed by atoms with Crippen molar-refractivity contribution < 1.29 is 4.42 Å². The summed E-state index contributed by atoms with van der Waals surface area (Å²) in [6, 6.07) is 8.05. The molecule has 0 spiro atoms. The van der Waals surface area contributed by atoms with Crippen LogP contribution in [-0.4, -0.2) is 4.98 Å². The molecule has 1 N–H and O–H groups in total. The molecule has 5 heteroatoms. The van der Waals surface area contributed by atoms with Crippen LogP contribution >= 0.6 is 22.7 Å². The fraction of sp³-hybridized carbons (Fsp3) is 0.154. The highest BCUT2D eigenvalue weighted by Crippen LogP contribution is 2.29. The van der Waals surface area contributed by atoms with Gasteiger partial charge in [0.15, 0.2) is 0 Å². The predicted molar refractivity (Wildman–Crippen MR) is 74.7 cm³/mol. The lowest BCUT2D eigenvalue weighted by Crippen LogP contribution is -2.11. The summed E-state index contributed by atoms with van der Waals surface area (Å²) in [7, 11) is 0. The number of hydrogen-bond acceptors (Lipinski definition) is 5. The van der Waals surface area contributed by atoms with Gasteiger partial charge in [-0.1, -0.05) is 6.07 Å². The van der Waals surface area contributed by atoms with E-state index in [1.54, 1.807) is 28.9 Å². The molecule has 92 valence electrons. The summed E-state index contributed by atoms with van der Waals surface area (Å²) in [5, 5.41) is 6.51. The van der Waals surface area contributed by atoms with E-state index < -0.39 is 0 Å². The summed E-state index contributed by atoms with van der Waals surface area (Å²) in [5.41, 5.74) is 0. The number of nitrogens with one attached hydrogen (secondary N) is 1. The number of rotatable bonds is 5. The number of aromatic nitrogens is 1. The van der Waals surface area contributed by atoms with Crippen LogP contribution in [0.5, 0.6) is 0 Å². The molecule has 0 saturated heterocycles. The largest absolute Gasteiger partial charge is 0.468 e. The normalized spacial score (nSPS) is 10.9. The van der Waals surface area contributed by atoms with Crippen LogP contribution in [0.25, 0.3) is 9.75 Å². The maximum absolute atomic E-state index is 5.26. The second-order valence-corrected chi connectivity index (χ2v) is 5.84. The zero-order valence-electron chi connectivity index (χ0n) is 9.63. The average Bonchev–Trinajstić information content (AvgIpc) is 3.12. The van der Waals surface area contributed by atoms with Crippen LogP contribution in [0.1, 0.15) is 10.8 Å². The number of furan rings is 1. The predicted octanol–water partition coefficient (Wildman–Crippen LogP) is 3.75. The van der Waals surface area contributed by atoms with Crippen molar-refractivity contribution in [2.45, 2.75) is 13.1 Å². The van der Waals surface area contributed by atoms with Crippen molar-refractivity contribution in [2.75, 3.05) is 0 Å². The van der Waals surface area contributed by atoms with E-state index in [1.807, 2.05) is 18.3 Å². The van der Waals surface area contributed by atoms with Crippen molar-refractivity contribution >= 4 is 22.7 Å². The van der Waals surface area contributed by atoms with Gasteiger partial charge in [0.2, 0.25) is 0 Å². The molecule has 0 aromatic carbocycles. The topological polar surface area (TPSA) is 38.1 Å². The summed E-state index contributed by atoms with van der Waals surface area (Å²) in [5.74, 6) is 0.949. The maximum atomic E-state index is 5.26. The Morgan fingerprint density at radius 1 is 1.17 bits per heavy atom. The first kappa shape index (κ1) is 11.6. The van der Waals surface area contributed by atoms with Gasteiger partial charge in [-0.05, 0) is 23.6 Å². The molecule has 0 atom stereocenters. The molecule has 0 saturated carbocycles. The molecule has 3 rings (SSSR count). The van der Waals surface area contributed by atoms with E-state index in [0.717, 1.165) is 23.9 Å². The molecule has 0 bridgehead atoms. The number of nitrogens with zero attached hydrogens (tertiary/aromatic N) is 1. The molecule has 0 fully saturated rings. The SMILES string of the molecule is c1coc(CNCc2ncc(-c3cccs3)s2)c1. The highest BCUT2D eigenvalue weighted by atomic mass is 32.1. The van der Waals surface area contributed by atoms with E-state index in [4.69, 9.17) is 4.42 Å². The van der Waals surface area contributed by atoms with E-state index in [0.29, 0.717) is 0 Å². The molecular weight excluding hydrogens is 264 g/mol. The standard InChI is InChI=1S/C13H12N2OS2/c1-3-10(16-5-1)7-14-9-13-15-8-12(18-13)11-4-2-6-17-11/h1-6,8,14H,7,9H2. The van der Waals surface area contributed by atoms with Crippen LogP contribution in [0.15, 0.2) is 46.5 Å². The van der Waals surface area contributed by atoms with Gasteiger partial charge >= 0.3 is 0 Å². The quantitative estimate of drug-likeness (QED) is 0.771. The minimum Gasteiger partial charge on any atom is -0.468 e. The zero-order chi connectivity index (χ0) is 12.2. The minimum atomic E-state index is 0.737. The Morgan fingerprint density at radius 3 is 2.94 bits per heavy atom. The lowest BCUT2D eigenvalue weighted by atomic mass is 10.4. The van der Waals surface area contributed by atoms with Crippen molar-refractivity contribution in [1.29, 1.82) is 0 Å². The third-order valence-electron chi connectivity index (χ3n) is 2.47. The van der Waals surface area contributed by atoms with Crippen LogP contribution in [0, 0.1) is 0 Å². The van der Waals surface area contributed by atoms with Crippen LogP contribution in [0.3, 0.4) is 0 Å². The van der Waals surface area contributed by atoms with Gasteiger partial charge in [0, 0.05) is 17.6 Å². The molecule has 0 unspecified atom stereocenters. The molecule has 3 heterocycles. The smallest absolute Gasteiger partial charge is 0.117 e. The fourth-order valence-electron chi connectivity index (χ4n) is 1.63. The second-order valence-electron chi connectivity index (χ2n) is 3.78. The fourth-order valence-corrected chi connectivity index (χ4v) is 3.34. The first-order valence-corrected chi connectivity index (χ1v) is 7.33. The van der Waals surface area contributed by atoms with Gasteiger partial charge in [0.25, 0.3) is 0 Å². The Balaban J connectivity index is 1.57. The first-order valence-electron chi connectivity index (χ1n) is 5.63. The van der Waals surface area contributed by atoms with E-state index >= 15 is 0 Å². The lowest BCUT2D eigenvalue weighted by Gasteiger charge is -1.98. The van der Waals surface area contributed by atoms with Gasteiger partial charge in [0.05, 0.1) is 17.7 Å². The first-order chi connectivity index (χ1) is 8.92. The Kier molecular flexibility index (Phi) is 3.54. The second kappa shape index (κ2) is 5.48. The van der Waals surface area contributed by atoms with Crippen molar-refractivity contribution in [3.8, 4) is 9.75 Å². The van der Waals surface area contributed by atoms with Crippen LogP contribution in [-0.2, 0) is 13.1 Å². The molecule has 0 aliphatic heterocycles. The molecule has 3 aromatic heterocycles. The lowest BCUT2D eigenvalue weighted by molar-refractivity contribution is 0.483. The Morgan fingerprint density at radius 2 is 2.17 bits per heavy atom. The molecule has 3 nitrogen and oxygen atoms in total. The molecule has 0 aliphatic carbocycles.